The Bertz CT molecular complexity index is 217. The van der Waals surface area contributed by atoms with Gasteiger partial charge in [-0.25, -0.2) is 0 Å². The van der Waals surface area contributed by atoms with Gasteiger partial charge in [-0.1, -0.05) is 15.9 Å². The molecule has 0 saturated heterocycles. The Morgan fingerprint density at radius 2 is 2.10 bits per heavy atom. The van der Waals surface area contributed by atoms with E-state index in [4.69, 9.17) is 4.74 Å². The largest absolute Gasteiger partial charge is 0.497 e. The molecule has 0 bridgehead atoms. The molecule has 0 aliphatic heterocycles. The van der Waals surface area contributed by atoms with Gasteiger partial charge in [0.25, 0.3) is 0 Å². The van der Waals surface area contributed by atoms with Crippen LogP contribution in [0.2, 0.25) is 0 Å². The molecule has 54 valence electrons. The molecule has 1 aromatic rings. The second kappa shape index (κ2) is 3.30. The third-order valence-corrected chi connectivity index (χ3v) is 1.81. The number of methoxy groups -OCH3 is 1. The molecular formula is C7H7BrOS. The van der Waals surface area contributed by atoms with Gasteiger partial charge in [0.1, 0.15) is 5.75 Å². The molecule has 0 fully saturated rings. The van der Waals surface area contributed by atoms with Crippen molar-refractivity contribution in [2.75, 3.05) is 7.11 Å². The van der Waals surface area contributed by atoms with Gasteiger partial charge in [-0.3, -0.25) is 0 Å². The summed E-state index contributed by atoms with van der Waals surface area (Å²) in [5.74, 6) is 0.819. The number of thiol groups is 1. The van der Waals surface area contributed by atoms with E-state index in [-0.39, 0.29) is 0 Å². The molecule has 0 heterocycles. The molecule has 0 saturated carbocycles. The minimum Gasteiger partial charge on any atom is -0.497 e. The van der Waals surface area contributed by atoms with Crippen molar-refractivity contribution in [2.45, 2.75) is 4.90 Å². The molecule has 0 atom stereocenters. The van der Waals surface area contributed by atoms with Crippen molar-refractivity contribution in [3.05, 3.63) is 22.7 Å². The van der Waals surface area contributed by atoms with Crippen LogP contribution in [0.5, 0.6) is 5.75 Å². The SMILES string of the molecule is COc1cc(S)cc(Br)c1. The van der Waals surface area contributed by atoms with Crippen molar-refractivity contribution in [2.24, 2.45) is 0 Å². The Hall–Kier alpha value is -0.150. The number of halogens is 1. The molecule has 10 heavy (non-hydrogen) atoms. The number of benzene rings is 1. The van der Waals surface area contributed by atoms with Crippen LogP contribution in [0, 0.1) is 0 Å². The second-order valence-electron chi connectivity index (χ2n) is 1.85. The van der Waals surface area contributed by atoms with E-state index in [1.807, 2.05) is 18.2 Å². The highest BCUT2D eigenvalue weighted by Gasteiger charge is 1.94. The lowest BCUT2D eigenvalue weighted by Crippen LogP contribution is -1.81. The number of hydrogen-bond donors (Lipinski definition) is 1. The van der Waals surface area contributed by atoms with Crippen LogP contribution in [-0.2, 0) is 0 Å². The molecule has 0 radical (unpaired) electrons. The van der Waals surface area contributed by atoms with E-state index in [1.165, 1.54) is 0 Å². The van der Waals surface area contributed by atoms with Crippen LogP contribution >= 0.6 is 28.6 Å². The molecule has 1 rings (SSSR count). The summed E-state index contributed by atoms with van der Waals surface area (Å²) in [6, 6.07) is 5.65. The molecule has 1 nitrogen and oxygen atoms in total. The Labute approximate surface area is 73.9 Å². The quantitative estimate of drug-likeness (QED) is 0.714. The van der Waals surface area contributed by atoms with Crippen molar-refractivity contribution in [1.82, 2.24) is 0 Å². The molecule has 3 heteroatoms. The van der Waals surface area contributed by atoms with Gasteiger partial charge in [-0.15, -0.1) is 12.6 Å². The van der Waals surface area contributed by atoms with Crippen molar-refractivity contribution >= 4 is 28.6 Å². The van der Waals surface area contributed by atoms with Crippen LogP contribution in [0.25, 0.3) is 0 Å². The lowest BCUT2D eigenvalue weighted by molar-refractivity contribution is 0.413. The lowest BCUT2D eigenvalue weighted by atomic mass is 10.3. The zero-order valence-electron chi connectivity index (χ0n) is 5.47. The van der Waals surface area contributed by atoms with Gasteiger partial charge in [0.15, 0.2) is 0 Å². The highest BCUT2D eigenvalue weighted by Crippen LogP contribution is 2.22. The van der Waals surface area contributed by atoms with E-state index in [9.17, 15) is 0 Å². The molecule has 0 aliphatic rings. The van der Waals surface area contributed by atoms with Gasteiger partial charge < -0.3 is 4.74 Å². The first-order valence-corrected chi connectivity index (χ1v) is 4.00. The fourth-order valence-electron chi connectivity index (χ4n) is 0.666. The van der Waals surface area contributed by atoms with Crippen molar-refractivity contribution in [3.63, 3.8) is 0 Å². The van der Waals surface area contributed by atoms with Crippen LogP contribution in [0.15, 0.2) is 27.6 Å². The Morgan fingerprint density at radius 3 is 2.60 bits per heavy atom. The minimum absolute atomic E-state index is 0.819. The zero-order chi connectivity index (χ0) is 7.56. The van der Waals surface area contributed by atoms with Crippen LogP contribution in [0.1, 0.15) is 0 Å². The number of rotatable bonds is 1. The molecule has 1 aromatic carbocycles. The maximum atomic E-state index is 5.00. The zero-order valence-corrected chi connectivity index (χ0v) is 7.95. The molecule has 0 unspecified atom stereocenters. The van der Waals surface area contributed by atoms with Crippen molar-refractivity contribution in [1.29, 1.82) is 0 Å². The highest BCUT2D eigenvalue weighted by molar-refractivity contribution is 9.10. The summed E-state index contributed by atoms with van der Waals surface area (Å²) in [6.07, 6.45) is 0. The summed E-state index contributed by atoms with van der Waals surface area (Å²) in [4.78, 5) is 0.895. The molecule has 0 amide bonds. The lowest BCUT2D eigenvalue weighted by Gasteiger charge is -2.00. The van der Waals surface area contributed by atoms with Crippen molar-refractivity contribution < 1.29 is 4.74 Å². The van der Waals surface area contributed by atoms with Gasteiger partial charge in [0.2, 0.25) is 0 Å². The summed E-state index contributed by atoms with van der Waals surface area (Å²) < 4.78 is 5.98. The van der Waals surface area contributed by atoms with Gasteiger partial charge >= 0.3 is 0 Å². The summed E-state index contributed by atoms with van der Waals surface area (Å²) in [6.45, 7) is 0. The minimum atomic E-state index is 0.819. The fourth-order valence-corrected chi connectivity index (χ4v) is 1.58. The average molecular weight is 219 g/mol. The molecule has 0 aliphatic carbocycles. The Morgan fingerprint density at radius 1 is 1.40 bits per heavy atom. The summed E-state index contributed by atoms with van der Waals surface area (Å²) in [5.41, 5.74) is 0. The number of ether oxygens (including phenoxy) is 1. The predicted molar refractivity (Wildman–Crippen MR) is 47.9 cm³/mol. The van der Waals surface area contributed by atoms with Crippen LogP contribution in [0.3, 0.4) is 0 Å². The normalized spacial score (nSPS) is 9.50. The van der Waals surface area contributed by atoms with Gasteiger partial charge in [0.05, 0.1) is 7.11 Å². The van der Waals surface area contributed by atoms with E-state index in [1.54, 1.807) is 7.11 Å². The summed E-state index contributed by atoms with van der Waals surface area (Å²) >= 11 is 7.49. The van der Waals surface area contributed by atoms with Crippen LogP contribution in [-0.4, -0.2) is 7.11 Å². The number of hydrogen-bond acceptors (Lipinski definition) is 2. The first kappa shape index (κ1) is 7.95. The maximum absolute atomic E-state index is 5.00. The summed E-state index contributed by atoms with van der Waals surface area (Å²) in [5, 5.41) is 0. The first-order chi connectivity index (χ1) is 4.72. The summed E-state index contributed by atoms with van der Waals surface area (Å²) in [7, 11) is 1.63. The Kier molecular flexibility index (Phi) is 2.63. The first-order valence-electron chi connectivity index (χ1n) is 2.76. The third kappa shape index (κ3) is 1.92. The van der Waals surface area contributed by atoms with E-state index < -0.39 is 0 Å². The Balaban J connectivity index is 3.06. The molecule has 0 aromatic heterocycles. The third-order valence-electron chi connectivity index (χ3n) is 1.09. The maximum Gasteiger partial charge on any atom is 0.121 e. The van der Waals surface area contributed by atoms with Gasteiger partial charge in [-0.05, 0) is 18.2 Å². The average Bonchev–Trinajstić information content (AvgIpc) is 1.85. The van der Waals surface area contributed by atoms with Crippen LogP contribution in [0.4, 0.5) is 0 Å². The molecule has 0 spiro atoms. The monoisotopic (exact) mass is 218 g/mol. The fraction of sp³-hybridized carbons (Fsp3) is 0.143. The van der Waals surface area contributed by atoms with E-state index in [2.05, 4.69) is 28.6 Å². The standard InChI is InChI=1S/C7H7BrOS/c1-9-6-2-5(8)3-7(10)4-6/h2-4,10H,1H3. The van der Waals surface area contributed by atoms with E-state index in [0.717, 1.165) is 15.1 Å². The second-order valence-corrected chi connectivity index (χ2v) is 3.28. The van der Waals surface area contributed by atoms with Crippen molar-refractivity contribution in [3.8, 4) is 5.75 Å². The van der Waals surface area contributed by atoms with Gasteiger partial charge in [-0.2, -0.15) is 0 Å². The molecule has 0 N–H and O–H groups in total. The van der Waals surface area contributed by atoms with E-state index >= 15 is 0 Å². The highest BCUT2D eigenvalue weighted by atomic mass is 79.9. The van der Waals surface area contributed by atoms with Gasteiger partial charge in [0, 0.05) is 9.37 Å². The van der Waals surface area contributed by atoms with Crippen LogP contribution < -0.4 is 4.74 Å². The van der Waals surface area contributed by atoms with E-state index in [0.29, 0.717) is 0 Å². The topological polar surface area (TPSA) is 9.23 Å². The molecular weight excluding hydrogens is 212 g/mol. The predicted octanol–water partition coefficient (Wildman–Crippen LogP) is 2.75. The smallest absolute Gasteiger partial charge is 0.121 e.